The second kappa shape index (κ2) is 6.79. The highest BCUT2D eigenvalue weighted by atomic mass is 16.4. The summed E-state index contributed by atoms with van der Waals surface area (Å²) in [5.74, 6) is -1.04. The number of hydrogen-bond acceptors (Lipinski definition) is 3. The Hall–Kier alpha value is -2.24. The van der Waals surface area contributed by atoms with E-state index in [0.29, 0.717) is 25.3 Å². The maximum absolute atomic E-state index is 12.4. The van der Waals surface area contributed by atoms with Gasteiger partial charge in [-0.3, -0.25) is 4.90 Å². The maximum atomic E-state index is 12.4. The quantitative estimate of drug-likeness (QED) is 0.809. The van der Waals surface area contributed by atoms with Crippen LogP contribution in [0.25, 0.3) is 0 Å². The van der Waals surface area contributed by atoms with Gasteiger partial charge in [0.25, 0.3) is 0 Å². The molecule has 3 N–H and O–H groups in total. The maximum Gasteiger partial charge on any atom is 0.335 e. The number of hydrogen-bond donors (Lipinski definition) is 2. The zero-order valence-corrected chi connectivity index (χ0v) is 12.1. The van der Waals surface area contributed by atoms with Crippen LogP contribution in [0, 0.1) is 0 Å². The summed E-state index contributed by atoms with van der Waals surface area (Å²) in [6.07, 6.45) is 0. The number of nitrogens with two attached hydrogens (primary N) is 1. The second-order valence-corrected chi connectivity index (χ2v) is 4.28. The van der Waals surface area contributed by atoms with Gasteiger partial charge in [-0.1, -0.05) is 0 Å². The molecule has 0 aliphatic rings. The van der Waals surface area contributed by atoms with Gasteiger partial charge in [-0.15, -0.1) is 0 Å². The minimum Gasteiger partial charge on any atom is -0.478 e. The van der Waals surface area contributed by atoms with E-state index in [9.17, 15) is 9.59 Å². The van der Waals surface area contributed by atoms with Gasteiger partial charge in [0.2, 0.25) is 0 Å². The molecule has 0 saturated heterocycles. The third-order valence-corrected chi connectivity index (χ3v) is 3.15. The molecular formula is C14H21N3O3. The van der Waals surface area contributed by atoms with E-state index < -0.39 is 5.97 Å². The number of amides is 2. The lowest BCUT2D eigenvalue weighted by Crippen LogP contribution is -2.43. The number of nitrogens with zero attached hydrogens (tertiary/aromatic N) is 2. The molecule has 0 radical (unpaired) electrons. The van der Waals surface area contributed by atoms with Gasteiger partial charge in [0, 0.05) is 19.6 Å². The van der Waals surface area contributed by atoms with Gasteiger partial charge >= 0.3 is 12.0 Å². The van der Waals surface area contributed by atoms with Crippen molar-refractivity contribution >= 4 is 23.4 Å². The zero-order chi connectivity index (χ0) is 15.3. The molecule has 6 heteroatoms. The number of carboxylic acids is 1. The molecule has 0 bridgehead atoms. The summed E-state index contributed by atoms with van der Waals surface area (Å²) in [6.45, 7) is 7.36. The number of carboxylic acid groups (broad SMARTS) is 1. The van der Waals surface area contributed by atoms with Gasteiger partial charge in [0.1, 0.15) is 0 Å². The van der Waals surface area contributed by atoms with Crippen LogP contribution in [0.4, 0.5) is 16.2 Å². The standard InChI is InChI=1S/C14H21N3O3/c1-4-16(5-2)14(20)17(6-3)12-8-7-10(13(18)19)9-11(12)15/h7-9H,4-6,15H2,1-3H3,(H,18,19). The summed E-state index contributed by atoms with van der Waals surface area (Å²) in [5.41, 5.74) is 6.81. The van der Waals surface area contributed by atoms with Gasteiger partial charge in [-0.25, -0.2) is 9.59 Å². The molecule has 0 heterocycles. The third-order valence-electron chi connectivity index (χ3n) is 3.15. The van der Waals surface area contributed by atoms with E-state index in [0.717, 1.165) is 0 Å². The molecule has 0 unspecified atom stereocenters. The topological polar surface area (TPSA) is 86.9 Å². The Bertz CT molecular complexity index is 498. The van der Waals surface area contributed by atoms with Gasteiger partial charge in [-0.2, -0.15) is 0 Å². The van der Waals surface area contributed by atoms with Crippen molar-refractivity contribution in [1.29, 1.82) is 0 Å². The third kappa shape index (κ3) is 3.20. The number of carbonyl (C=O) groups is 2. The van der Waals surface area contributed by atoms with Crippen molar-refractivity contribution in [3.8, 4) is 0 Å². The Balaban J connectivity index is 3.13. The minimum absolute atomic E-state index is 0.109. The molecule has 20 heavy (non-hydrogen) atoms. The highest BCUT2D eigenvalue weighted by molar-refractivity contribution is 5.97. The van der Waals surface area contributed by atoms with Crippen LogP contribution in [-0.4, -0.2) is 41.6 Å². The van der Waals surface area contributed by atoms with E-state index >= 15 is 0 Å². The van der Waals surface area contributed by atoms with E-state index in [1.54, 1.807) is 15.9 Å². The number of carbonyl (C=O) groups excluding carboxylic acids is 1. The summed E-state index contributed by atoms with van der Waals surface area (Å²) in [6, 6.07) is 4.26. The van der Waals surface area contributed by atoms with Crippen LogP contribution in [-0.2, 0) is 0 Å². The molecule has 2 amide bonds. The van der Waals surface area contributed by atoms with Crippen molar-refractivity contribution in [3.63, 3.8) is 0 Å². The molecule has 1 aromatic rings. The first-order valence-electron chi connectivity index (χ1n) is 6.65. The Morgan fingerprint density at radius 1 is 1.15 bits per heavy atom. The first-order chi connectivity index (χ1) is 9.46. The fourth-order valence-electron chi connectivity index (χ4n) is 2.01. The first-order valence-corrected chi connectivity index (χ1v) is 6.65. The lowest BCUT2D eigenvalue weighted by Gasteiger charge is -2.29. The summed E-state index contributed by atoms with van der Waals surface area (Å²) < 4.78 is 0. The average molecular weight is 279 g/mol. The van der Waals surface area contributed by atoms with E-state index in [1.807, 2.05) is 20.8 Å². The van der Waals surface area contributed by atoms with Gasteiger partial charge in [0.15, 0.2) is 0 Å². The SMILES string of the molecule is CCN(CC)C(=O)N(CC)c1ccc(C(=O)O)cc1N. The molecule has 0 aromatic heterocycles. The molecule has 6 nitrogen and oxygen atoms in total. The fourth-order valence-corrected chi connectivity index (χ4v) is 2.01. The fraction of sp³-hybridized carbons (Fsp3) is 0.429. The highest BCUT2D eigenvalue weighted by Gasteiger charge is 2.21. The number of aromatic carboxylic acids is 1. The van der Waals surface area contributed by atoms with Crippen molar-refractivity contribution in [2.75, 3.05) is 30.3 Å². The Labute approximate surface area is 118 Å². The van der Waals surface area contributed by atoms with Crippen LogP contribution in [0.2, 0.25) is 0 Å². The van der Waals surface area contributed by atoms with E-state index in [1.165, 1.54) is 12.1 Å². The summed E-state index contributed by atoms with van der Waals surface area (Å²) in [4.78, 5) is 26.5. The van der Waals surface area contributed by atoms with Crippen LogP contribution < -0.4 is 10.6 Å². The molecular weight excluding hydrogens is 258 g/mol. The molecule has 0 saturated carbocycles. The Kier molecular flexibility index (Phi) is 5.37. The predicted molar refractivity (Wildman–Crippen MR) is 79.2 cm³/mol. The molecule has 0 aliphatic carbocycles. The first kappa shape index (κ1) is 15.8. The Morgan fingerprint density at radius 2 is 1.75 bits per heavy atom. The van der Waals surface area contributed by atoms with E-state index in [-0.39, 0.29) is 17.3 Å². The van der Waals surface area contributed by atoms with Crippen LogP contribution >= 0.6 is 0 Å². The van der Waals surface area contributed by atoms with Crippen LogP contribution in [0.3, 0.4) is 0 Å². The summed E-state index contributed by atoms with van der Waals surface area (Å²) in [5, 5.41) is 8.93. The number of nitrogen functional groups attached to an aromatic ring is 1. The minimum atomic E-state index is -1.04. The zero-order valence-electron chi connectivity index (χ0n) is 12.1. The van der Waals surface area contributed by atoms with Crippen molar-refractivity contribution in [2.24, 2.45) is 0 Å². The molecule has 1 rings (SSSR count). The average Bonchev–Trinajstić information content (AvgIpc) is 2.42. The van der Waals surface area contributed by atoms with Crippen molar-refractivity contribution in [2.45, 2.75) is 20.8 Å². The number of anilines is 2. The lowest BCUT2D eigenvalue weighted by molar-refractivity contribution is 0.0697. The monoisotopic (exact) mass is 279 g/mol. The molecule has 110 valence electrons. The highest BCUT2D eigenvalue weighted by Crippen LogP contribution is 2.25. The normalized spacial score (nSPS) is 10.2. The van der Waals surface area contributed by atoms with Gasteiger partial charge in [0.05, 0.1) is 16.9 Å². The van der Waals surface area contributed by atoms with Crippen molar-refractivity contribution < 1.29 is 14.7 Å². The van der Waals surface area contributed by atoms with Crippen molar-refractivity contribution in [1.82, 2.24) is 4.90 Å². The van der Waals surface area contributed by atoms with Crippen LogP contribution in [0.5, 0.6) is 0 Å². The van der Waals surface area contributed by atoms with Crippen molar-refractivity contribution in [3.05, 3.63) is 23.8 Å². The largest absolute Gasteiger partial charge is 0.478 e. The predicted octanol–water partition coefficient (Wildman–Crippen LogP) is 2.26. The summed E-state index contributed by atoms with van der Waals surface area (Å²) >= 11 is 0. The molecule has 0 aliphatic heterocycles. The van der Waals surface area contributed by atoms with Crippen LogP contribution in [0.15, 0.2) is 18.2 Å². The number of rotatable bonds is 5. The smallest absolute Gasteiger partial charge is 0.335 e. The van der Waals surface area contributed by atoms with Gasteiger partial charge in [-0.05, 0) is 39.0 Å². The summed E-state index contributed by atoms with van der Waals surface area (Å²) in [7, 11) is 0. The second-order valence-electron chi connectivity index (χ2n) is 4.28. The van der Waals surface area contributed by atoms with Crippen LogP contribution in [0.1, 0.15) is 31.1 Å². The molecule has 1 aromatic carbocycles. The molecule has 0 fully saturated rings. The van der Waals surface area contributed by atoms with E-state index in [2.05, 4.69) is 0 Å². The van der Waals surface area contributed by atoms with Gasteiger partial charge < -0.3 is 15.7 Å². The number of urea groups is 1. The number of benzene rings is 1. The molecule has 0 spiro atoms. The lowest BCUT2D eigenvalue weighted by atomic mass is 10.1. The van der Waals surface area contributed by atoms with E-state index in [4.69, 9.17) is 10.8 Å². The Morgan fingerprint density at radius 3 is 2.15 bits per heavy atom. The molecule has 0 atom stereocenters.